The highest BCUT2D eigenvalue weighted by Gasteiger charge is 2.20. The molecule has 0 spiro atoms. The molecule has 31 heavy (non-hydrogen) atoms. The van der Waals surface area contributed by atoms with Crippen molar-refractivity contribution in [3.05, 3.63) is 28.8 Å². The third kappa shape index (κ3) is 8.28. The zero-order valence-corrected chi connectivity index (χ0v) is 18.1. The number of ether oxygens (including phenoxy) is 3. The van der Waals surface area contributed by atoms with E-state index < -0.39 is 24.4 Å². The van der Waals surface area contributed by atoms with Crippen molar-refractivity contribution in [1.29, 1.82) is 1.43 Å². The summed E-state index contributed by atoms with van der Waals surface area (Å²) >= 11 is 0. The van der Waals surface area contributed by atoms with Gasteiger partial charge >= 0.3 is 24.4 Å². The molecule has 0 saturated heterocycles. The standard InChI is InChI=1S/C19H28N4O8/c1-12-8-13(10-29-16(24)20-2)15(14(9-12)11-30-17(25)21-3)31-19(28)23(5)7-6-22(4)18(26)27/h8-9H,6-7,10-11H2,1-5H3,(H,20,24)(H,21,25)(H,26,27)/i/hT. The van der Waals surface area contributed by atoms with Crippen LogP contribution in [0.5, 0.6) is 5.75 Å². The highest BCUT2D eigenvalue weighted by Crippen LogP contribution is 2.28. The Labute approximate surface area is 181 Å². The van der Waals surface area contributed by atoms with E-state index in [9.17, 15) is 19.2 Å². The Balaban J connectivity index is 3.07. The molecule has 1 rings (SSSR count). The fraction of sp³-hybridized carbons (Fsp3) is 0.474. The molecule has 0 radical (unpaired) electrons. The maximum Gasteiger partial charge on any atom is 0.415 e. The zero-order valence-electron chi connectivity index (χ0n) is 19.1. The summed E-state index contributed by atoms with van der Waals surface area (Å²) in [6.07, 6.45) is -2.97. The fourth-order valence-corrected chi connectivity index (χ4v) is 2.35. The molecule has 1 aromatic carbocycles. The Morgan fingerprint density at radius 3 is 1.90 bits per heavy atom. The minimum atomic E-state index is -0.868. The van der Waals surface area contributed by atoms with Gasteiger partial charge in [0.1, 0.15) is 19.0 Å². The number of hydrogen-bond acceptors (Lipinski definition) is 8. The Morgan fingerprint density at radius 1 is 0.968 bits per heavy atom. The predicted octanol–water partition coefficient (Wildman–Crippen LogP) is 1.75. The van der Waals surface area contributed by atoms with Gasteiger partial charge in [0.2, 0.25) is 0 Å². The third-order valence-electron chi connectivity index (χ3n) is 4.10. The van der Waals surface area contributed by atoms with E-state index >= 15 is 0 Å². The summed E-state index contributed by atoms with van der Waals surface area (Å²) in [7, 11) is 5.69. The molecule has 0 unspecified atom stereocenters. The smallest absolute Gasteiger partial charge is 0.415 e. The molecule has 0 aliphatic carbocycles. The molecule has 12 nitrogen and oxygen atoms in total. The number of carboxylic acid groups (broad SMARTS) is 1. The summed E-state index contributed by atoms with van der Waals surface area (Å²) in [6, 6.07) is 3.35. The molecule has 4 amide bonds. The van der Waals surface area contributed by atoms with Gasteiger partial charge < -0.3 is 39.8 Å². The van der Waals surface area contributed by atoms with E-state index in [1.807, 2.05) is 0 Å². The molecule has 172 valence electrons. The molecular formula is C19H28N4O8. The van der Waals surface area contributed by atoms with Gasteiger partial charge in [-0.1, -0.05) is 5.56 Å². The lowest BCUT2D eigenvalue weighted by atomic mass is 10.1. The molecule has 0 bridgehead atoms. The van der Waals surface area contributed by atoms with Gasteiger partial charge in [0.25, 0.3) is 1.43 Å². The normalized spacial score (nSPS) is 10.3. The lowest BCUT2D eigenvalue weighted by Gasteiger charge is -2.22. The molecule has 0 atom stereocenters. The van der Waals surface area contributed by atoms with Crippen molar-refractivity contribution in [2.75, 3.05) is 41.3 Å². The third-order valence-corrected chi connectivity index (χ3v) is 4.10. The highest BCUT2D eigenvalue weighted by molar-refractivity contribution is 5.72. The van der Waals surface area contributed by atoms with Crippen LogP contribution in [0.4, 0.5) is 19.2 Å². The van der Waals surface area contributed by atoms with Crippen molar-refractivity contribution < 1.29 is 38.5 Å². The Morgan fingerprint density at radius 2 is 1.45 bits per heavy atom. The monoisotopic (exact) mass is 442 g/mol. The molecule has 0 heterocycles. The number of likely N-dealkylation sites (N-methyl/N-ethyl adjacent to an activating group) is 2. The van der Waals surface area contributed by atoms with Crippen molar-refractivity contribution in [2.45, 2.75) is 20.1 Å². The number of nitrogens with zero attached hydrogens (tertiary/aromatic N) is 2. The quantitative estimate of drug-likeness (QED) is 0.552. The number of benzene rings is 1. The average molecular weight is 442 g/mol. The minimum Gasteiger partial charge on any atom is -0.465 e. The van der Waals surface area contributed by atoms with Crippen LogP contribution in [0.1, 0.15) is 16.7 Å². The molecule has 0 saturated carbocycles. The van der Waals surface area contributed by atoms with Gasteiger partial charge in [-0.15, -0.1) is 0 Å². The van der Waals surface area contributed by atoms with Crippen molar-refractivity contribution in [3.63, 3.8) is 0 Å². The van der Waals surface area contributed by atoms with Gasteiger partial charge in [0, 0.05) is 52.4 Å². The number of carbonyl (C=O) groups is 4. The van der Waals surface area contributed by atoms with E-state index in [2.05, 4.69) is 15.7 Å². The van der Waals surface area contributed by atoms with Gasteiger partial charge in [0.15, 0.2) is 0 Å². The first-order chi connectivity index (χ1) is 15.1. The second-order valence-corrected chi connectivity index (χ2v) is 6.54. The number of alkyl carbamates (subject to hydrolysis) is 2. The number of aryl methyl sites for hydroxylation is 1. The molecule has 3 N–H and O–H groups in total. The molecule has 0 aliphatic rings. The van der Waals surface area contributed by atoms with Gasteiger partial charge in [0.05, 0.1) is 0 Å². The largest absolute Gasteiger partial charge is 0.465 e. The SMILES string of the molecule is [3H]OC(=O)N(C)CCN(C)C(=O)Oc1c(COC(=O)NC)cc(C)cc1COC(=O)NC. The first-order valence-electron chi connectivity index (χ1n) is 9.66. The second kappa shape index (κ2) is 12.1. The van der Waals surface area contributed by atoms with Crippen molar-refractivity contribution in [1.82, 2.24) is 20.4 Å². The molecule has 0 fully saturated rings. The van der Waals surface area contributed by atoms with Crippen molar-refractivity contribution in [3.8, 4) is 5.75 Å². The van der Waals surface area contributed by atoms with E-state index in [1.165, 1.54) is 33.1 Å². The maximum absolute atomic E-state index is 12.6. The summed E-state index contributed by atoms with van der Waals surface area (Å²) in [4.78, 5) is 49.3. The zero-order chi connectivity index (χ0) is 24.3. The Hall–Kier alpha value is -3.70. The minimum absolute atomic E-state index is 0.0826. The maximum atomic E-state index is 12.6. The van der Waals surface area contributed by atoms with E-state index in [4.69, 9.17) is 15.6 Å². The van der Waals surface area contributed by atoms with E-state index in [0.717, 1.165) is 10.5 Å². The van der Waals surface area contributed by atoms with Gasteiger partial charge in [-0.2, -0.15) is 0 Å². The Kier molecular flexibility index (Phi) is 9.20. The summed E-state index contributed by atoms with van der Waals surface area (Å²) < 4.78 is 22.3. The fourth-order valence-electron chi connectivity index (χ4n) is 2.35. The molecule has 12 heteroatoms. The van der Waals surface area contributed by atoms with Crippen LogP contribution in [-0.4, -0.2) is 80.6 Å². The average Bonchev–Trinajstić information content (AvgIpc) is 2.79. The molecule has 0 aliphatic heterocycles. The van der Waals surface area contributed by atoms with Gasteiger partial charge in [-0.05, 0) is 19.1 Å². The van der Waals surface area contributed by atoms with Crippen LogP contribution in [0, 0.1) is 6.92 Å². The van der Waals surface area contributed by atoms with Crippen LogP contribution in [0.2, 0.25) is 0 Å². The van der Waals surface area contributed by atoms with E-state index in [1.54, 1.807) is 19.1 Å². The molecule has 0 aromatic heterocycles. The number of amides is 4. The van der Waals surface area contributed by atoms with Gasteiger partial charge in [-0.25, -0.2) is 19.2 Å². The molecule has 1 aromatic rings. The number of nitrogens with one attached hydrogen (secondary N) is 2. The first kappa shape index (κ1) is 23.6. The lowest BCUT2D eigenvalue weighted by Crippen LogP contribution is -2.38. The van der Waals surface area contributed by atoms with Crippen LogP contribution < -0.4 is 15.4 Å². The van der Waals surface area contributed by atoms with Crippen molar-refractivity contribution >= 4 is 24.4 Å². The topological polar surface area (TPSA) is 147 Å². The summed E-state index contributed by atoms with van der Waals surface area (Å²) in [5, 5.41) is 8.51. The van der Waals surface area contributed by atoms with Gasteiger partial charge in [-0.3, -0.25) is 0 Å². The lowest BCUT2D eigenvalue weighted by molar-refractivity contribution is 0.132. The van der Waals surface area contributed by atoms with Crippen LogP contribution in [0.25, 0.3) is 1.43 Å². The van der Waals surface area contributed by atoms with E-state index in [0.29, 0.717) is 11.1 Å². The number of hydrogen-bond donors (Lipinski definition) is 3. The van der Waals surface area contributed by atoms with E-state index in [-0.39, 0.29) is 32.1 Å². The molecular weight excluding hydrogens is 412 g/mol. The summed E-state index contributed by atoms with van der Waals surface area (Å²) in [5.41, 5.74) is 1.54. The van der Waals surface area contributed by atoms with Crippen LogP contribution >= 0.6 is 0 Å². The Bertz CT molecular complexity index is 795. The predicted molar refractivity (Wildman–Crippen MR) is 109 cm³/mol. The highest BCUT2D eigenvalue weighted by atomic mass is 16.6. The van der Waals surface area contributed by atoms with Crippen LogP contribution in [-0.2, 0) is 22.7 Å². The second-order valence-electron chi connectivity index (χ2n) is 6.54. The summed E-state index contributed by atoms with van der Waals surface area (Å²) in [5.74, 6) is 0.0826. The first-order valence-corrected chi connectivity index (χ1v) is 9.25. The van der Waals surface area contributed by atoms with Crippen LogP contribution in [0.3, 0.4) is 0 Å². The number of rotatable bonds is 8. The summed E-state index contributed by atoms with van der Waals surface area (Å²) in [6.45, 7) is 1.57. The number of carbonyl (C=O) groups excluding carboxylic acids is 3. The van der Waals surface area contributed by atoms with Crippen LogP contribution in [0.15, 0.2) is 12.1 Å². The van der Waals surface area contributed by atoms with Crippen molar-refractivity contribution in [2.24, 2.45) is 0 Å².